The minimum Gasteiger partial charge on any atom is -0.312 e. The van der Waals surface area contributed by atoms with Crippen LogP contribution in [0.25, 0.3) is 0 Å². The van der Waals surface area contributed by atoms with Crippen LogP contribution in [0.5, 0.6) is 0 Å². The van der Waals surface area contributed by atoms with Gasteiger partial charge in [-0.2, -0.15) is 26.3 Å². The summed E-state index contributed by atoms with van der Waals surface area (Å²) >= 11 is 0. The second-order valence-electron chi connectivity index (χ2n) is 6.80. The zero-order valence-electron chi connectivity index (χ0n) is 13.6. The summed E-state index contributed by atoms with van der Waals surface area (Å²) in [5.74, 6) is 0. The fraction of sp³-hybridized carbons (Fsp3) is 0.647. The molecule has 2 nitrogen and oxygen atoms in total. The number of hydrogen-bond donors (Lipinski definition) is 1. The summed E-state index contributed by atoms with van der Waals surface area (Å²) in [5, 5.41) is 3.38. The Hall–Kier alpha value is -1.28. The summed E-state index contributed by atoms with van der Waals surface area (Å²) in [5.41, 5.74) is -2.42. The molecule has 0 bridgehead atoms. The third-order valence-corrected chi connectivity index (χ3v) is 5.02. The molecule has 0 saturated carbocycles. The van der Waals surface area contributed by atoms with Crippen molar-refractivity contribution in [1.82, 2.24) is 10.2 Å². The molecule has 0 radical (unpaired) electrons. The lowest BCUT2D eigenvalue weighted by molar-refractivity contribution is -0.143. The van der Waals surface area contributed by atoms with Gasteiger partial charge >= 0.3 is 12.4 Å². The van der Waals surface area contributed by atoms with E-state index < -0.39 is 23.5 Å². The van der Waals surface area contributed by atoms with Crippen LogP contribution in [0.3, 0.4) is 0 Å². The van der Waals surface area contributed by atoms with E-state index in [1.165, 1.54) is 0 Å². The van der Waals surface area contributed by atoms with Crippen LogP contribution in [-0.2, 0) is 18.9 Å². The van der Waals surface area contributed by atoms with E-state index in [1.54, 1.807) is 0 Å². The molecule has 25 heavy (non-hydrogen) atoms. The first-order valence-electron chi connectivity index (χ1n) is 8.40. The third-order valence-electron chi connectivity index (χ3n) is 5.02. The lowest BCUT2D eigenvalue weighted by Gasteiger charge is -2.30. The number of fused-ring (bicyclic) bond motifs is 1. The molecule has 3 rings (SSSR count). The van der Waals surface area contributed by atoms with Gasteiger partial charge in [-0.05, 0) is 56.1 Å². The molecule has 0 aliphatic carbocycles. The second kappa shape index (κ2) is 6.79. The predicted octanol–water partition coefficient (Wildman–Crippen LogP) is 4.44. The average Bonchev–Trinajstić information content (AvgIpc) is 2.89. The first kappa shape index (κ1) is 18.5. The van der Waals surface area contributed by atoms with Crippen molar-refractivity contribution in [2.24, 2.45) is 0 Å². The molecule has 0 spiro atoms. The number of likely N-dealkylation sites (tertiary alicyclic amines) is 1. The SMILES string of the molecule is FC(F)(F)c1cc(CN2CCCC[C@@H]3NCC[C@@H]32)cc(C(F)(F)F)c1. The zero-order valence-corrected chi connectivity index (χ0v) is 13.6. The monoisotopic (exact) mass is 366 g/mol. The predicted molar refractivity (Wildman–Crippen MR) is 80.9 cm³/mol. The molecule has 2 heterocycles. The van der Waals surface area contributed by atoms with Gasteiger partial charge in [0.1, 0.15) is 0 Å². The molecular weight excluding hydrogens is 346 g/mol. The molecule has 1 N–H and O–H groups in total. The molecule has 140 valence electrons. The molecule has 2 fully saturated rings. The van der Waals surface area contributed by atoms with Crippen molar-refractivity contribution in [3.05, 3.63) is 34.9 Å². The van der Waals surface area contributed by atoms with Crippen molar-refractivity contribution >= 4 is 0 Å². The molecule has 0 amide bonds. The lowest BCUT2D eigenvalue weighted by Crippen LogP contribution is -2.42. The molecule has 2 aliphatic heterocycles. The largest absolute Gasteiger partial charge is 0.416 e. The third kappa shape index (κ3) is 4.28. The van der Waals surface area contributed by atoms with Crippen LogP contribution in [0.1, 0.15) is 42.4 Å². The van der Waals surface area contributed by atoms with Gasteiger partial charge in [-0.1, -0.05) is 6.42 Å². The van der Waals surface area contributed by atoms with Gasteiger partial charge in [0.05, 0.1) is 11.1 Å². The highest BCUT2D eigenvalue weighted by atomic mass is 19.4. The summed E-state index contributed by atoms with van der Waals surface area (Å²) in [7, 11) is 0. The Bertz CT molecular complexity index is 578. The first-order valence-corrected chi connectivity index (χ1v) is 8.40. The number of benzene rings is 1. The van der Waals surface area contributed by atoms with Crippen molar-refractivity contribution in [3.8, 4) is 0 Å². The Kier molecular flexibility index (Phi) is 5.03. The number of rotatable bonds is 2. The Balaban J connectivity index is 1.90. The lowest BCUT2D eigenvalue weighted by atomic mass is 10.0. The number of alkyl halides is 6. The molecule has 2 aliphatic rings. The Labute approximate surface area is 142 Å². The summed E-state index contributed by atoms with van der Waals surface area (Å²) in [6.45, 7) is 1.64. The van der Waals surface area contributed by atoms with Gasteiger partial charge in [0.15, 0.2) is 0 Å². The van der Waals surface area contributed by atoms with Crippen LogP contribution in [0.2, 0.25) is 0 Å². The van der Waals surface area contributed by atoms with Crippen LogP contribution >= 0.6 is 0 Å². The van der Waals surface area contributed by atoms with E-state index >= 15 is 0 Å². The van der Waals surface area contributed by atoms with Crippen molar-refractivity contribution in [2.45, 2.75) is 56.7 Å². The van der Waals surface area contributed by atoms with Crippen LogP contribution in [0.4, 0.5) is 26.3 Å². The maximum atomic E-state index is 13.0. The smallest absolute Gasteiger partial charge is 0.312 e. The van der Waals surface area contributed by atoms with E-state index in [1.807, 2.05) is 4.90 Å². The van der Waals surface area contributed by atoms with Gasteiger partial charge in [0, 0.05) is 18.6 Å². The van der Waals surface area contributed by atoms with E-state index in [0.29, 0.717) is 6.54 Å². The number of nitrogens with one attached hydrogen (secondary N) is 1. The van der Waals surface area contributed by atoms with E-state index in [2.05, 4.69) is 5.32 Å². The van der Waals surface area contributed by atoms with Crippen LogP contribution in [0, 0.1) is 0 Å². The topological polar surface area (TPSA) is 15.3 Å². The van der Waals surface area contributed by atoms with Crippen LogP contribution < -0.4 is 5.32 Å². The minimum absolute atomic E-state index is 0.0645. The minimum atomic E-state index is -4.80. The number of nitrogens with zero attached hydrogens (tertiary/aromatic N) is 1. The summed E-state index contributed by atoms with van der Waals surface area (Å²) in [6.07, 6.45) is -5.81. The Morgan fingerprint density at radius 3 is 2.16 bits per heavy atom. The van der Waals surface area contributed by atoms with Crippen molar-refractivity contribution < 1.29 is 26.3 Å². The fourth-order valence-electron chi connectivity index (χ4n) is 3.87. The average molecular weight is 366 g/mol. The normalized spacial score (nSPS) is 25.7. The molecule has 1 aromatic carbocycles. The molecule has 2 atom stereocenters. The molecule has 8 heteroatoms. The van der Waals surface area contributed by atoms with E-state index in [-0.39, 0.29) is 30.3 Å². The van der Waals surface area contributed by atoms with Crippen molar-refractivity contribution in [3.63, 3.8) is 0 Å². The van der Waals surface area contributed by atoms with Gasteiger partial charge in [-0.15, -0.1) is 0 Å². The first-order chi connectivity index (χ1) is 11.6. The van der Waals surface area contributed by atoms with Gasteiger partial charge in [0.2, 0.25) is 0 Å². The zero-order chi connectivity index (χ0) is 18.2. The van der Waals surface area contributed by atoms with Crippen molar-refractivity contribution in [1.29, 1.82) is 0 Å². The van der Waals surface area contributed by atoms with Gasteiger partial charge in [-0.25, -0.2) is 0 Å². The standard InChI is InChI=1S/C17H20F6N2/c18-16(19,20)12-7-11(8-13(9-12)17(21,22)23)10-25-6-2-1-3-14-15(25)4-5-24-14/h7-9,14-15,24H,1-6,10H2/t14-,15-/m0/s1. The van der Waals surface area contributed by atoms with Crippen LogP contribution in [-0.4, -0.2) is 30.1 Å². The molecule has 0 unspecified atom stereocenters. The second-order valence-corrected chi connectivity index (χ2v) is 6.80. The maximum absolute atomic E-state index is 13.0. The van der Waals surface area contributed by atoms with Crippen molar-refractivity contribution in [2.75, 3.05) is 13.1 Å². The number of hydrogen-bond acceptors (Lipinski definition) is 2. The highest BCUT2D eigenvalue weighted by Crippen LogP contribution is 2.37. The van der Waals surface area contributed by atoms with Crippen LogP contribution in [0.15, 0.2) is 18.2 Å². The Morgan fingerprint density at radius 2 is 1.56 bits per heavy atom. The highest BCUT2D eigenvalue weighted by molar-refractivity contribution is 5.33. The quantitative estimate of drug-likeness (QED) is 0.779. The molecule has 2 saturated heterocycles. The summed E-state index contributed by atoms with van der Waals surface area (Å²) in [6, 6.07) is 2.32. The maximum Gasteiger partial charge on any atom is 0.416 e. The van der Waals surface area contributed by atoms with Gasteiger partial charge < -0.3 is 5.32 Å². The molecule has 0 aromatic heterocycles. The Morgan fingerprint density at radius 1 is 0.920 bits per heavy atom. The number of halogens is 6. The van der Waals surface area contributed by atoms with E-state index in [9.17, 15) is 26.3 Å². The van der Waals surface area contributed by atoms with Gasteiger partial charge in [0.25, 0.3) is 0 Å². The fourth-order valence-corrected chi connectivity index (χ4v) is 3.87. The summed E-state index contributed by atoms with van der Waals surface area (Å²) < 4.78 is 78.0. The molecular formula is C17H20F6N2. The molecule has 1 aromatic rings. The highest BCUT2D eigenvalue weighted by Gasteiger charge is 2.38. The van der Waals surface area contributed by atoms with E-state index in [0.717, 1.165) is 44.4 Å². The van der Waals surface area contributed by atoms with E-state index in [4.69, 9.17) is 0 Å². The summed E-state index contributed by atoms with van der Waals surface area (Å²) in [4.78, 5) is 2.04. The van der Waals surface area contributed by atoms with Gasteiger partial charge in [-0.3, -0.25) is 4.90 Å².